The molecule has 1 rings (SSSR count). The molecule has 0 bridgehead atoms. The molecule has 5 heteroatoms. The molecule has 2 N–H and O–H groups in total. The molecule has 0 saturated carbocycles. The molecule has 90 valence electrons. The van der Waals surface area contributed by atoms with Crippen molar-refractivity contribution in [2.75, 3.05) is 31.3 Å². The number of anilines is 2. The van der Waals surface area contributed by atoms with Crippen molar-refractivity contribution in [3.63, 3.8) is 0 Å². The van der Waals surface area contributed by atoms with Crippen LogP contribution >= 0.6 is 0 Å². The quantitative estimate of drug-likeness (QED) is 0.844. The van der Waals surface area contributed by atoms with E-state index in [0.717, 1.165) is 12.4 Å². The Morgan fingerprint density at radius 3 is 2.50 bits per heavy atom. The topological polar surface area (TPSA) is 64.3 Å². The van der Waals surface area contributed by atoms with Gasteiger partial charge in [0.2, 0.25) is 11.8 Å². The van der Waals surface area contributed by atoms with Gasteiger partial charge < -0.3 is 15.4 Å². The highest BCUT2D eigenvalue weighted by Crippen LogP contribution is 2.21. The monoisotopic (exact) mass is 224 g/mol. The lowest BCUT2D eigenvalue weighted by atomic mass is 9.96. The minimum absolute atomic E-state index is 0.196. The summed E-state index contributed by atoms with van der Waals surface area (Å²) in [7, 11) is 3.54. The van der Waals surface area contributed by atoms with Crippen LogP contribution in [0.3, 0.4) is 0 Å². The van der Waals surface area contributed by atoms with Crippen LogP contribution in [0.5, 0.6) is 5.88 Å². The van der Waals surface area contributed by atoms with Gasteiger partial charge in [-0.3, -0.25) is 0 Å². The summed E-state index contributed by atoms with van der Waals surface area (Å²) in [6.07, 6.45) is 0. The smallest absolute Gasteiger partial charge is 0.225 e. The van der Waals surface area contributed by atoms with Crippen molar-refractivity contribution in [3.05, 3.63) is 6.07 Å². The number of aromatic nitrogens is 2. The standard InChI is InChI=1S/C11H20N4O/c1-11(2,3)7-15(4)8-6-9(16-5)14-10(12)13-8/h6H,7H2,1-5H3,(H2,12,13,14). The van der Waals surface area contributed by atoms with Crippen molar-refractivity contribution in [1.29, 1.82) is 0 Å². The Balaban J connectivity index is 2.90. The molecule has 5 nitrogen and oxygen atoms in total. The van der Waals surface area contributed by atoms with Crippen LogP contribution < -0.4 is 15.4 Å². The molecule has 0 amide bonds. The maximum absolute atomic E-state index is 5.61. The van der Waals surface area contributed by atoms with Gasteiger partial charge in [-0.25, -0.2) is 0 Å². The summed E-state index contributed by atoms with van der Waals surface area (Å²) in [5.41, 5.74) is 5.80. The second kappa shape index (κ2) is 4.55. The molecule has 1 aromatic heterocycles. The number of nitrogens with two attached hydrogens (primary N) is 1. The molecule has 0 aliphatic rings. The largest absolute Gasteiger partial charge is 0.481 e. The van der Waals surface area contributed by atoms with Gasteiger partial charge in [0.25, 0.3) is 0 Å². The van der Waals surface area contributed by atoms with Crippen LogP contribution in [-0.2, 0) is 0 Å². The molecule has 0 aliphatic heterocycles. The van der Waals surface area contributed by atoms with Crippen LogP contribution in [0, 0.1) is 5.41 Å². The molecule has 1 heterocycles. The molecular weight excluding hydrogens is 204 g/mol. The van der Waals surface area contributed by atoms with Crippen molar-refractivity contribution in [2.45, 2.75) is 20.8 Å². The normalized spacial score (nSPS) is 11.3. The van der Waals surface area contributed by atoms with E-state index in [1.54, 1.807) is 13.2 Å². The minimum Gasteiger partial charge on any atom is -0.481 e. The van der Waals surface area contributed by atoms with E-state index in [1.807, 2.05) is 11.9 Å². The Hall–Kier alpha value is -1.52. The Kier molecular flexibility index (Phi) is 3.57. The zero-order valence-electron chi connectivity index (χ0n) is 10.6. The van der Waals surface area contributed by atoms with Gasteiger partial charge in [-0.2, -0.15) is 9.97 Å². The first-order valence-electron chi connectivity index (χ1n) is 5.21. The fourth-order valence-electron chi connectivity index (χ4n) is 1.52. The van der Waals surface area contributed by atoms with E-state index in [1.165, 1.54) is 0 Å². The molecule has 1 aromatic rings. The maximum atomic E-state index is 5.61. The average Bonchev–Trinajstić information content (AvgIpc) is 2.14. The number of ether oxygens (including phenoxy) is 1. The van der Waals surface area contributed by atoms with Gasteiger partial charge in [-0.05, 0) is 5.41 Å². The van der Waals surface area contributed by atoms with Gasteiger partial charge in [0.15, 0.2) is 0 Å². The summed E-state index contributed by atoms with van der Waals surface area (Å²) < 4.78 is 5.06. The van der Waals surface area contributed by atoms with Crippen LogP contribution in [0.4, 0.5) is 11.8 Å². The number of nitrogens with zero attached hydrogens (tertiary/aromatic N) is 3. The molecule has 16 heavy (non-hydrogen) atoms. The fourth-order valence-corrected chi connectivity index (χ4v) is 1.52. The summed E-state index contributed by atoms with van der Waals surface area (Å²) in [6.45, 7) is 7.40. The van der Waals surface area contributed by atoms with Crippen LogP contribution in [0.15, 0.2) is 6.07 Å². The second-order valence-corrected chi connectivity index (χ2v) is 5.04. The third kappa shape index (κ3) is 3.56. The first-order chi connectivity index (χ1) is 7.31. The molecule has 0 radical (unpaired) electrons. The maximum Gasteiger partial charge on any atom is 0.225 e. The second-order valence-electron chi connectivity index (χ2n) is 5.04. The van der Waals surface area contributed by atoms with Crippen LogP contribution in [0.2, 0.25) is 0 Å². The number of hydrogen-bond donors (Lipinski definition) is 1. The molecule has 0 unspecified atom stereocenters. The summed E-state index contributed by atoms with van der Waals surface area (Å²) in [5.74, 6) is 1.50. The number of methoxy groups -OCH3 is 1. The van der Waals surface area contributed by atoms with E-state index in [2.05, 4.69) is 30.7 Å². The third-order valence-corrected chi connectivity index (χ3v) is 2.02. The van der Waals surface area contributed by atoms with Gasteiger partial charge in [0.05, 0.1) is 7.11 Å². The van der Waals surface area contributed by atoms with Crippen molar-refractivity contribution in [1.82, 2.24) is 9.97 Å². The summed E-state index contributed by atoms with van der Waals surface area (Å²) in [6, 6.07) is 1.78. The van der Waals surface area contributed by atoms with E-state index < -0.39 is 0 Å². The fraction of sp³-hybridized carbons (Fsp3) is 0.636. The lowest BCUT2D eigenvalue weighted by Crippen LogP contribution is -2.30. The highest BCUT2D eigenvalue weighted by molar-refractivity contribution is 5.44. The molecule has 0 aromatic carbocycles. The van der Waals surface area contributed by atoms with E-state index in [4.69, 9.17) is 10.5 Å². The Labute approximate surface area is 96.6 Å². The minimum atomic E-state index is 0.196. The van der Waals surface area contributed by atoms with Crippen molar-refractivity contribution < 1.29 is 4.74 Å². The zero-order valence-corrected chi connectivity index (χ0v) is 10.6. The van der Waals surface area contributed by atoms with E-state index in [9.17, 15) is 0 Å². The van der Waals surface area contributed by atoms with Crippen LogP contribution in [0.1, 0.15) is 20.8 Å². The first kappa shape index (κ1) is 12.5. The lowest BCUT2D eigenvalue weighted by Gasteiger charge is -2.27. The molecule has 0 aliphatic carbocycles. The Morgan fingerprint density at radius 1 is 1.38 bits per heavy atom. The van der Waals surface area contributed by atoms with Gasteiger partial charge >= 0.3 is 0 Å². The Bertz CT molecular complexity index is 359. The molecule has 0 saturated heterocycles. The first-order valence-corrected chi connectivity index (χ1v) is 5.21. The molecule has 0 atom stereocenters. The average molecular weight is 224 g/mol. The van der Waals surface area contributed by atoms with Crippen molar-refractivity contribution in [3.8, 4) is 5.88 Å². The number of nitrogen functional groups attached to an aromatic ring is 1. The highest BCUT2D eigenvalue weighted by atomic mass is 16.5. The Morgan fingerprint density at radius 2 is 2.00 bits per heavy atom. The summed E-state index contributed by atoms with van der Waals surface area (Å²) in [5, 5.41) is 0. The van der Waals surface area contributed by atoms with Crippen LogP contribution in [-0.4, -0.2) is 30.7 Å². The summed E-state index contributed by atoms with van der Waals surface area (Å²) in [4.78, 5) is 10.2. The van der Waals surface area contributed by atoms with Crippen molar-refractivity contribution in [2.24, 2.45) is 5.41 Å². The van der Waals surface area contributed by atoms with E-state index in [-0.39, 0.29) is 11.4 Å². The van der Waals surface area contributed by atoms with Gasteiger partial charge in [-0.1, -0.05) is 20.8 Å². The van der Waals surface area contributed by atoms with Crippen molar-refractivity contribution >= 4 is 11.8 Å². The predicted octanol–water partition coefficient (Wildman–Crippen LogP) is 1.55. The predicted molar refractivity (Wildman–Crippen MR) is 65.7 cm³/mol. The molecule has 0 spiro atoms. The van der Waals surface area contributed by atoms with Crippen LogP contribution in [0.25, 0.3) is 0 Å². The third-order valence-electron chi connectivity index (χ3n) is 2.02. The van der Waals surface area contributed by atoms with Gasteiger partial charge in [-0.15, -0.1) is 0 Å². The number of rotatable bonds is 3. The van der Waals surface area contributed by atoms with E-state index in [0.29, 0.717) is 5.88 Å². The summed E-state index contributed by atoms with van der Waals surface area (Å²) >= 11 is 0. The number of hydrogen-bond acceptors (Lipinski definition) is 5. The SMILES string of the molecule is COc1cc(N(C)CC(C)(C)C)nc(N)n1. The lowest BCUT2D eigenvalue weighted by molar-refractivity contribution is 0.395. The zero-order chi connectivity index (χ0) is 12.3. The molecule has 0 fully saturated rings. The van der Waals surface area contributed by atoms with E-state index >= 15 is 0 Å². The molecular formula is C11H20N4O. The highest BCUT2D eigenvalue weighted by Gasteiger charge is 2.15. The van der Waals surface area contributed by atoms with Gasteiger partial charge in [0.1, 0.15) is 5.82 Å². The van der Waals surface area contributed by atoms with Gasteiger partial charge in [0, 0.05) is 19.7 Å².